The molecule has 2 aromatic rings. The van der Waals surface area contributed by atoms with Crippen LogP contribution in [0.5, 0.6) is 0 Å². The Balaban J connectivity index is 2.02. The van der Waals surface area contributed by atoms with Gasteiger partial charge in [0.05, 0.1) is 0 Å². The van der Waals surface area contributed by atoms with Crippen LogP contribution in [0.2, 0.25) is 0 Å². The molecule has 4 heteroatoms. The van der Waals surface area contributed by atoms with Crippen molar-refractivity contribution in [3.63, 3.8) is 0 Å². The van der Waals surface area contributed by atoms with Gasteiger partial charge < -0.3 is 9.66 Å². The van der Waals surface area contributed by atoms with Crippen LogP contribution >= 0.6 is 0 Å². The van der Waals surface area contributed by atoms with E-state index < -0.39 is 17.1 Å². The van der Waals surface area contributed by atoms with Gasteiger partial charge in [0.1, 0.15) is 0 Å². The summed E-state index contributed by atoms with van der Waals surface area (Å²) in [5, 5.41) is 8.76. The van der Waals surface area contributed by atoms with E-state index in [0.717, 1.165) is 15.4 Å². The van der Waals surface area contributed by atoms with Gasteiger partial charge in [0.15, 0.2) is 9.79 Å². The first-order valence-electron chi connectivity index (χ1n) is 6.55. The molecule has 108 valence electrons. The molecule has 0 radical (unpaired) electrons. The Morgan fingerprint density at radius 2 is 1.62 bits per heavy atom. The molecule has 0 aliphatic rings. The normalized spacial score (nSPS) is 11.9. The maximum atomic E-state index is 12.3. The van der Waals surface area contributed by atoms with E-state index in [2.05, 4.69) is 6.58 Å². The maximum absolute atomic E-state index is 12.3. The molecule has 2 rings (SSSR count). The van der Waals surface area contributed by atoms with E-state index in [1.165, 1.54) is 0 Å². The molecule has 0 fully saturated rings. The third-order valence-electron chi connectivity index (χ3n) is 3.11. The van der Waals surface area contributed by atoms with E-state index in [1.54, 1.807) is 0 Å². The lowest BCUT2D eigenvalue weighted by atomic mass is 10.1. The number of hydrogen-bond acceptors (Lipinski definition) is 2. The van der Waals surface area contributed by atoms with Gasteiger partial charge in [-0.15, -0.1) is 0 Å². The molecule has 0 saturated carbocycles. The van der Waals surface area contributed by atoms with Crippen molar-refractivity contribution in [2.24, 2.45) is 0 Å². The summed E-state index contributed by atoms with van der Waals surface area (Å²) in [6.45, 7) is 3.51. The number of hydrogen-bond donors (Lipinski definition) is 1. The summed E-state index contributed by atoms with van der Waals surface area (Å²) in [5.74, 6) is -0.961. The van der Waals surface area contributed by atoms with Crippen LogP contribution in [-0.2, 0) is 22.4 Å². The predicted octanol–water partition coefficient (Wildman–Crippen LogP) is 3.43. The molecule has 0 spiro atoms. The fourth-order valence-electron chi connectivity index (χ4n) is 1.86. The fraction of sp³-hybridized carbons (Fsp3) is 0.118. The summed E-state index contributed by atoms with van der Waals surface area (Å²) in [6.07, 6.45) is 1.03. The molecule has 0 bridgehead atoms. The van der Waals surface area contributed by atoms with E-state index in [-0.39, 0.29) is 5.57 Å². The SMILES string of the molecule is C=C(CCc1ccc([S+]([O-])c2ccccc2)cc1)C(=O)O. The predicted molar refractivity (Wildman–Crippen MR) is 82.7 cm³/mol. The molecule has 0 amide bonds. The minimum absolute atomic E-state index is 0.201. The van der Waals surface area contributed by atoms with E-state index in [9.17, 15) is 9.35 Å². The number of rotatable bonds is 6. The average Bonchev–Trinajstić information content (AvgIpc) is 2.53. The third-order valence-corrected chi connectivity index (χ3v) is 4.51. The van der Waals surface area contributed by atoms with E-state index >= 15 is 0 Å². The number of aryl methyl sites for hydroxylation is 1. The molecule has 0 aliphatic heterocycles. The lowest BCUT2D eigenvalue weighted by Crippen LogP contribution is -2.03. The Morgan fingerprint density at radius 1 is 1.05 bits per heavy atom. The fourth-order valence-corrected chi connectivity index (χ4v) is 2.92. The van der Waals surface area contributed by atoms with Gasteiger partial charge in [0.25, 0.3) is 0 Å². The molecule has 1 N–H and O–H groups in total. The number of carboxylic acid groups (broad SMARTS) is 1. The topological polar surface area (TPSA) is 60.4 Å². The second-order valence-corrected chi connectivity index (χ2v) is 6.11. The summed E-state index contributed by atoms with van der Waals surface area (Å²) < 4.78 is 12.3. The maximum Gasteiger partial charge on any atom is 0.330 e. The number of benzene rings is 2. The molecule has 21 heavy (non-hydrogen) atoms. The summed E-state index contributed by atoms with van der Waals surface area (Å²) in [7, 11) is 0. The number of carbonyl (C=O) groups is 1. The second kappa shape index (κ2) is 7.11. The van der Waals surface area contributed by atoms with Crippen molar-refractivity contribution in [3.8, 4) is 0 Å². The van der Waals surface area contributed by atoms with Crippen molar-refractivity contribution in [1.29, 1.82) is 0 Å². The highest BCUT2D eigenvalue weighted by Gasteiger charge is 2.13. The zero-order chi connectivity index (χ0) is 15.2. The molecule has 1 atom stereocenters. The third kappa shape index (κ3) is 4.21. The lowest BCUT2D eigenvalue weighted by Gasteiger charge is -2.10. The molecule has 0 aromatic heterocycles. The summed E-state index contributed by atoms with van der Waals surface area (Å²) in [5.41, 5.74) is 1.21. The number of aliphatic carboxylic acids is 1. The van der Waals surface area contributed by atoms with Crippen LogP contribution in [0.4, 0.5) is 0 Å². The molecule has 0 heterocycles. The van der Waals surface area contributed by atoms with Gasteiger partial charge >= 0.3 is 5.97 Å². The average molecular weight is 300 g/mol. The second-order valence-electron chi connectivity index (χ2n) is 4.63. The number of carboxylic acids is 1. The van der Waals surface area contributed by atoms with Gasteiger partial charge in [-0.25, -0.2) is 4.79 Å². The zero-order valence-corrected chi connectivity index (χ0v) is 12.3. The first kappa shape index (κ1) is 15.4. The largest absolute Gasteiger partial charge is 0.606 e. The Kier molecular flexibility index (Phi) is 5.20. The van der Waals surface area contributed by atoms with Crippen LogP contribution in [0.15, 0.2) is 76.5 Å². The highest BCUT2D eigenvalue weighted by molar-refractivity contribution is 7.91. The van der Waals surface area contributed by atoms with E-state index in [4.69, 9.17) is 5.11 Å². The van der Waals surface area contributed by atoms with Gasteiger partial charge in [-0.2, -0.15) is 0 Å². The van der Waals surface area contributed by atoms with E-state index in [0.29, 0.717) is 12.8 Å². The van der Waals surface area contributed by atoms with E-state index in [1.807, 2.05) is 54.6 Å². The summed E-state index contributed by atoms with van der Waals surface area (Å²) in [6, 6.07) is 16.7. The van der Waals surface area contributed by atoms with Crippen molar-refractivity contribution in [2.45, 2.75) is 22.6 Å². The monoisotopic (exact) mass is 300 g/mol. The van der Waals surface area contributed by atoms with Crippen LogP contribution in [-0.4, -0.2) is 15.6 Å². The molecule has 2 aromatic carbocycles. The van der Waals surface area contributed by atoms with Crippen molar-refractivity contribution < 1.29 is 14.5 Å². The van der Waals surface area contributed by atoms with Crippen molar-refractivity contribution >= 4 is 17.1 Å². The van der Waals surface area contributed by atoms with Gasteiger partial charge in [0.2, 0.25) is 0 Å². The summed E-state index contributed by atoms with van der Waals surface area (Å²) >= 11 is -1.19. The lowest BCUT2D eigenvalue weighted by molar-refractivity contribution is -0.132. The van der Waals surface area contributed by atoms with Crippen LogP contribution in [0.1, 0.15) is 12.0 Å². The molecule has 1 unspecified atom stereocenters. The quantitative estimate of drug-likeness (QED) is 0.657. The van der Waals surface area contributed by atoms with Crippen molar-refractivity contribution in [1.82, 2.24) is 0 Å². The van der Waals surface area contributed by atoms with Gasteiger partial charge in [-0.3, -0.25) is 0 Å². The Bertz CT molecular complexity index is 620. The van der Waals surface area contributed by atoms with Gasteiger partial charge in [-0.1, -0.05) is 36.9 Å². The first-order chi connectivity index (χ1) is 10.1. The van der Waals surface area contributed by atoms with Gasteiger partial charge in [0, 0.05) is 16.7 Å². The molecule has 0 aliphatic carbocycles. The van der Waals surface area contributed by atoms with Crippen molar-refractivity contribution in [2.75, 3.05) is 0 Å². The Morgan fingerprint density at radius 3 is 2.19 bits per heavy atom. The van der Waals surface area contributed by atoms with Crippen LogP contribution in [0, 0.1) is 0 Å². The molecule has 0 saturated heterocycles. The van der Waals surface area contributed by atoms with Crippen LogP contribution in [0.3, 0.4) is 0 Å². The minimum Gasteiger partial charge on any atom is -0.606 e. The van der Waals surface area contributed by atoms with Crippen molar-refractivity contribution in [3.05, 3.63) is 72.3 Å². The first-order valence-corrected chi connectivity index (χ1v) is 7.70. The Labute approximate surface area is 127 Å². The van der Waals surface area contributed by atoms with Crippen LogP contribution < -0.4 is 0 Å². The molecular weight excluding hydrogens is 284 g/mol. The van der Waals surface area contributed by atoms with Gasteiger partial charge in [-0.05, 0) is 42.7 Å². The highest BCUT2D eigenvalue weighted by atomic mass is 32.2. The summed E-state index contributed by atoms with van der Waals surface area (Å²) in [4.78, 5) is 12.2. The van der Waals surface area contributed by atoms with Crippen LogP contribution in [0.25, 0.3) is 0 Å². The Hall–Kier alpha value is -2.04. The highest BCUT2D eigenvalue weighted by Crippen LogP contribution is 2.21. The molecular formula is C17H16O3S. The standard InChI is InChI=1S/C17H16O3S/c1-13(17(18)19)7-8-14-9-11-16(12-10-14)21(20)15-5-3-2-4-6-15/h2-6,9-12H,1,7-8H2,(H,18,19). The minimum atomic E-state index is -1.19. The smallest absolute Gasteiger partial charge is 0.330 e. The molecule has 3 nitrogen and oxygen atoms in total. The zero-order valence-electron chi connectivity index (χ0n) is 11.5.